The molecule has 15 rings (SSSR count). The third-order valence-corrected chi connectivity index (χ3v) is 15.5. The van der Waals surface area contributed by atoms with E-state index in [0.717, 1.165) is 78.4 Å². The largest absolute Gasteiger partial charge is 0.458 e. The van der Waals surface area contributed by atoms with Crippen LogP contribution in [0.2, 0.25) is 0 Å². The molecule has 4 nitrogen and oxygen atoms in total. The number of benzene rings is 10. The lowest BCUT2D eigenvalue weighted by Crippen LogP contribution is -2.57. The number of aromatic nitrogens is 2. The molecule has 0 unspecified atom stereocenters. The van der Waals surface area contributed by atoms with Gasteiger partial charge >= 0.3 is 0 Å². The van der Waals surface area contributed by atoms with Gasteiger partial charge < -0.3 is 18.6 Å². The Morgan fingerprint density at radius 1 is 0.418 bits per heavy atom. The second kappa shape index (κ2) is 13.8. The number of fused-ring (bicyclic) bond motifs is 14. The smallest absolute Gasteiger partial charge is 0.260 e. The lowest BCUT2D eigenvalue weighted by molar-refractivity contribution is 0.464. The predicted molar refractivity (Wildman–Crippen MR) is 281 cm³/mol. The Morgan fingerprint density at radius 3 is 1.75 bits per heavy atom. The topological polar surface area (TPSA) is 28.3 Å². The molecule has 0 fully saturated rings. The first-order valence-electron chi connectivity index (χ1n) is 22.9. The zero-order chi connectivity index (χ0) is 43.9. The average Bonchev–Trinajstić information content (AvgIpc) is 4.05. The van der Waals surface area contributed by atoms with Gasteiger partial charge in [-0.05, 0) is 88.1 Å². The summed E-state index contributed by atoms with van der Waals surface area (Å²) in [5.41, 5.74) is 16.0. The van der Waals surface area contributed by atoms with E-state index in [2.05, 4.69) is 222 Å². The van der Waals surface area contributed by atoms with Gasteiger partial charge in [-0.3, -0.25) is 0 Å². The van der Waals surface area contributed by atoms with Gasteiger partial charge in [0.1, 0.15) is 23.0 Å². The number of para-hydroxylation sites is 2. The van der Waals surface area contributed by atoms with Crippen LogP contribution >= 0.6 is 11.3 Å². The monoisotopic (exact) mass is 872 g/mol. The van der Waals surface area contributed by atoms with Crippen molar-refractivity contribution in [3.05, 3.63) is 212 Å². The summed E-state index contributed by atoms with van der Waals surface area (Å²) in [6.07, 6.45) is 0. The summed E-state index contributed by atoms with van der Waals surface area (Å²) in [7, 11) is 0. The number of hydrogen-bond acceptors (Lipinski definition) is 3. The summed E-state index contributed by atoms with van der Waals surface area (Å²) >= 11 is 1.89. The van der Waals surface area contributed by atoms with Crippen LogP contribution in [-0.2, 0) is 0 Å². The van der Waals surface area contributed by atoms with Crippen molar-refractivity contribution in [3.8, 4) is 56.6 Å². The molecule has 0 amide bonds. The highest BCUT2D eigenvalue weighted by atomic mass is 32.1. The minimum Gasteiger partial charge on any atom is -0.458 e. The van der Waals surface area contributed by atoms with Crippen molar-refractivity contribution in [2.75, 3.05) is 0 Å². The van der Waals surface area contributed by atoms with E-state index in [4.69, 9.17) is 9.47 Å². The lowest BCUT2D eigenvalue weighted by atomic mass is 9.35. The van der Waals surface area contributed by atoms with Crippen molar-refractivity contribution in [2.24, 2.45) is 0 Å². The molecule has 0 saturated heterocycles. The Bertz CT molecular complexity index is 4190. The molecule has 6 heteroatoms. The van der Waals surface area contributed by atoms with E-state index >= 15 is 0 Å². The predicted octanol–water partition coefficient (Wildman–Crippen LogP) is 14.6. The molecule has 3 aromatic heterocycles. The lowest BCUT2D eigenvalue weighted by Gasteiger charge is -2.34. The number of rotatable bonds is 4. The van der Waals surface area contributed by atoms with E-state index in [0.29, 0.717) is 0 Å². The van der Waals surface area contributed by atoms with Gasteiger partial charge in [0, 0.05) is 66.4 Å². The Balaban J connectivity index is 0.996. The van der Waals surface area contributed by atoms with Gasteiger partial charge in [-0.1, -0.05) is 146 Å². The van der Waals surface area contributed by atoms with Gasteiger partial charge in [0.2, 0.25) is 0 Å². The SMILES string of the molecule is Cc1cc2c3c(-c4ccccc4)cccc3n(-c3ccc4c(c3)Oc3cc(-n5c6ccccc6c6ccccc65)cc5c3B4c3ccc(-c4ccccc4)cc3O5)c2c2sc3ccccc3c12. The van der Waals surface area contributed by atoms with E-state index in [1.807, 2.05) is 11.3 Å². The highest BCUT2D eigenvalue weighted by molar-refractivity contribution is 7.26. The number of hydrogen-bond donors (Lipinski definition) is 0. The van der Waals surface area contributed by atoms with E-state index in [9.17, 15) is 0 Å². The molecule has 0 radical (unpaired) electrons. The Kier molecular flexibility index (Phi) is 7.64. The Labute approximate surface area is 390 Å². The third kappa shape index (κ3) is 5.24. The second-order valence-electron chi connectivity index (χ2n) is 18.0. The Morgan fingerprint density at radius 2 is 1.01 bits per heavy atom. The fourth-order valence-electron chi connectivity index (χ4n) is 11.5. The molecule has 13 aromatic rings. The summed E-state index contributed by atoms with van der Waals surface area (Å²) < 4.78 is 21.8. The van der Waals surface area contributed by atoms with Crippen molar-refractivity contribution in [1.29, 1.82) is 0 Å². The first kappa shape index (κ1) is 37.0. The van der Waals surface area contributed by atoms with E-state index < -0.39 is 0 Å². The molecule has 0 saturated carbocycles. The molecule has 2 aliphatic rings. The molecular weight excluding hydrogens is 836 g/mol. The molecule has 67 heavy (non-hydrogen) atoms. The summed E-state index contributed by atoms with van der Waals surface area (Å²) in [6.45, 7) is 2.17. The summed E-state index contributed by atoms with van der Waals surface area (Å²) in [4.78, 5) is 0. The summed E-state index contributed by atoms with van der Waals surface area (Å²) in [5.74, 6) is 3.32. The molecule has 2 aliphatic heterocycles. The first-order chi connectivity index (χ1) is 33.1. The molecule has 10 aromatic carbocycles. The molecule has 0 bridgehead atoms. The van der Waals surface area contributed by atoms with Crippen LogP contribution in [-0.4, -0.2) is 15.8 Å². The molecular formula is C61H37BN2O2S. The maximum absolute atomic E-state index is 7.30. The minimum absolute atomic E-state index is 0.108. The van der Waals surface area contributed by atoms with Crippen molar-refractivity contribution >= 4 is 98.2 Å². The standard InChI is InChI=1S/C61H37BN2O2S/c1-36-31-46-58-42(38-17-6-3-7-18-38)22-14-25-51(58)64(60(46)61-57(36)45-21-10-13-26-56(45)67-61)40-28-30-48-53(33-40)66-55-35-41(63-49-23-11-8-19-43(49)44-20-9-12-24-50(44)63)34-54-59(55)62(48)47-29-27-39(32-52(47)65-54)37-15-4-2-5-16-37/h2-35H,1H3. The van der Waals surface area contributed by atoms with Crippen molar-refractivity contribution in [1.82, 2.24) is 9.13 Å². The van der Waals surface area contributed by atoms with Gasteiger partial charge in [-0.15, -0.1) is 11.3 Å². The number of thiophene rings is 1. The van der Waals surface area contributed by atoms with Crippen LogP contribution in [0.4, 0.5) is 0 Å². The minimum atomic E-state index is -0.108. The zero-order valence-corrected chi connectivity index (χ0v) is 37.1. The van der Waals surface area contributed by atoms with E-state index in [-0.39, 0.29) is 6.71 Å². The third-order valence-electron chi connectivity index (χ3n) is 14.3. The van der Waals surface area contributed by atoms with Crippen molar-refractivity contribution in [3.63, 3.8) is 0 Å². The van der Waals surface area contributed by atoms with Crippen LogP contribution in [0.5, 0.6) is 23.0 Å². The van der Waals surface area contributed by atoms with Gasteiger partial charge in [0.25, 0.3) is 6.71 Å². The highest BCUT2D eigenvalue weighted by Crippen LogP contribution is 2.48. The highest BCUT2D eigenvalue weighted by Gasteiger charge is 2.41. The van der Waals surface area contributed by atoms with Crippen LogP contribution in [0.15, 0.2) is 206 Å². The molecule has 0 spiro atoms. The quantitative estimate of drug-likeness (QED) is 0.165. The number of nitrogens with zero attached hydrogens (tertiary/aromatic N) is 2. The fraction of sp³-hybridized carbons (Fsp3) is 0.0164. The van der Waals surface area contributed by atoms with Gasteiger partial charge in [-0.25, -0.2) is 0 Å². The van der Waals surface area contributed by atoms with Gasteiger partial charge in [-0.2, -0.15) is 0 Å². The summed E-state index contributed by atoms with van der Waals surface area (Å²) in [5, 5.41) is 7.55. The second-order valence-corrected chi connectivity index (χ2v) is 19.0. The van der Waals surface area contributed by atoms with Crippen molar-refractivity contribution in [2.45, 2.75) is 6.92 Å². The van der Waals surface area contributed by atoms with Crippen molar-refractivity contribution < 1.29 is 9.47 Å². The van der Waals surface area contributed by atoms with E-state index in [1.165, 1.54) is 63.9 Å². The normalized spacial score (nSPS) is 12.8. The maximum Gasteiger partial charge on any atom is 0.260 e. The number of ether oxygens (including phenoxy) is 2. The molecule has 312 valence electrons. The average molecular weight is 873 g/mol. The maximum atomic E-state index is 7.30. The zero-order valence-electron chi connectivity index (χ0n) is 36.3. The number of aryl methyl sites for hydroxylation is 1. The first-order valence-corrected chi connectivity index (χ1v) is 23.8. The van der Waals surface area contributed by atoms with Crippen LogP contribution < -0.4 is 25.9 Å². The summed E-state index contributed by atoms with van der Waals surface area (Å²) in [6, 6.07) is 74.8. The van der Waals surface area contributed by atoms with E-state index in [1.54, 1.807) is 0 Å². The van der Waals surface area contributed by atoms with Crippen LogP contribution in [0.25, 0.3) is 97.4 Å². The molecule has 0 aliphatic carbocycles. The fourth-order valence-corrected chi connectivity index (χ4v) is 12.8. The molecule has 0 N–H and O–H groups in total. The van der Waals surface area contributed by atoms with Crippen LogP contribution in [0, 0.1) is 6.92 Å². The molecule has 5 heterocycles. The Hall–Kier alpha value is -8.32. The van der Waals surface area contributed by atoms with Gasteiger partial charge in [0.15, 0.2) is 0 Å². The van der Waals surface area contributed by atoms with Crippen LogP contribution in [0.1, 0.15) is 5.56 Å². The molecule has 0 atom stereocenters. The van der Waals surface area contributed by atoms with Gasteiger partial charge in [0.05, 0.1) is 32.5 Å². The van der Waals surface area contributed by atoms with Crippen LogP contribution in [0.3, 0.4) is 0 Å².